The van der Waals surface area contributed by atoms with Crippen molar-refractivity contribution in [1.82, 2.24) is 4.90 Å². The summed E-state index contributed by atoms with van der Waals surface area (Å²) in [5.74, 6) is 0.0434. The summed E-state index contributed by atoms with van der Waals surface area (Å²) in [7, 11) is 1.81. The lowest BCUT2D eigenvalue weighted by molar-refractivity contribution is 0.0796. The fraction of sp³-hybridized carbons (Fsp3) is 0.417. The minimum atomic E-state index is 0.0434. The Labute approximate surface area is 113 Å². The highest BCUT2D eigenvalue weighted by molar-refractivity contribution is 9.10. The number of carbonyl (C=O) groups excluding carboxylic acids is 1. The maximum atomic E-state index is 12.1. The summed E-state index contributed by atoms with van der Waals surface area (Å²) in [5, 5.41) is 0. The van der Waals surface area contributed by atoms with Crippen LogP contribution in [0.25, 0.3) is 0 Å². The highest BCUT2D eigenvalue weighted by Crippen LogP contribution is 2.19. The van der Waals surface area contributed by atoms with E-state index in [1.807, 2.05) is 39.1 Å². The second-order valence-electron chi connectivity index (χ2n) is 3.95. The molecule has 1 aromatic rings. The van der Waals surface area contributed by atoms with Crippen molar-refractivity contribution in [3.63, 3.8) is 0 Å². The van der Waals surface area contributed by atoms with Crippen LogP contribution in [0, 0.1) is 6.92 Å². The van der Waals surface area contributed by atoms with Crippen molar-refractivity contribution in [2.24, 2.45) is 0 Å². The lowest BCUT2D eigenvalue weighted by Gasteiger charge is -2.19. The highest BCUT2D eigenvalue weighted by Gasteiger charge is 2.15. The number of aryl methyl sites for hydroxylation is 1. The highest BCUT2D eigenvalue weighted by atomic mass is 79.9. The second kappa shape index (κ2) is 5.82. The molecule has 0 saturated heterocycles. The smallest absolute Gasteiger partial charge is 0.254 e. The average Bonchev–Trinajstić information content (AvgIpc) is 2.19. The predicted molar refractivity (Wildman–Crippen MR) is 74.2 cm³/mol. The summed E-state index contributed by atoms with van der Waals surface area (Å²) in [6.45, 7) is 4.70. The van der Waals surface area contributed by atoms with E-state index in [1.165, 1.54) is 0 Å². The number of nitrogens with zero attached hydrogens (tertiary/aromatic N) is 1. The Morgan fingerprint density at radius 3 is 2.69 bits per heavy atom. The Kier molecular flexibility index (Phi) is 4.99. The predicted octanol–water partition coefficient (Wildman–Crippen LogP) is 3.61. The number of halogens is 2. The lowest BCUT2D eigenvalue weighted by Crippen LogP contribution is -2.31. The summed E-state index contributed by atoms with van der Waals surface area (Å²) >= 11 is 6.85. The van der Waals surface area contributed by atoms with Crippen LogP contribution in [0.5, 0.6) is 0 Å². The quantitative estimate of drug-likeness (QED) is 0.764. The third-order valence-electron chi connectivity index (χ3n) is 2.22. The maximum absolute atomic E-state index is 12.1. The molecular formula is C12H15Br2NO. The molecule has 16 heavy (non-hydrogen) atoms. The van der Waals surface area contributed by atoms with E-state index in [2.05, 4.69) is 31.9 Å². The number of amides is 1. The van der Waals surface area contributed by atoms with Crippen molar-refractivity contribution in [1.29, 1.82) is 0 Å². The summed E-state index contributed by atoms with van der Waals surface area (Å²) in [4.78, 5) is 14.1. The van der Waals surface area contributed by atoms with E-state index in [0.717, 1.165) is 15.6 Å². The van der Waals surface area contributed by atoms with Gasteiger partial charge in [0.1, 0.15) is 0 Å². The number of benzene rings is 1. The molecule has 0 radical (unpaired) electrons. The van der Waals surface area contributed by atoms with Crippen LogP contribution in [0.3, 0.4) is 0 Å². The van der Waals surface area contributed by atoms with Gasteiger partial charge in [-0.2, -0.15) is 0 Å². The summed E-state index contributed by atoms with van der Waals surface area (Å²) in [6, 6.07) is 5.80. The Morgan fingerprint density at radius 1 is 1.50 bits per heavy atom. The van der Waals surface area contributed by atoms with Gasteiger partial charge in [0.2, 0.25) is 0 Å². The SMILES string of the molecule is Cc1ccc(Br)c(C(=O)N(C)CC(C)Br)c1. The van der Waals surface area contributed by atoms with Crippen molar-refractivity contribution in [2.75, 3.05) is 13.6 Å². The van der Waals surface area contributed by atoms with E-state index in [0.29, 0.717) is 11.4 Å². The third kappa shape index (κ3) is 3.59. The van der Waals surface area contributed by atoms with Crippen molar-refractivity contribution >= 4 is 37.8 Å². The van der Waals surface area contributed by atoms with Gasteiger partial charge in [-0.25, -0.2) is 0 Å². The summed E-state index contributed by atoms with van der Waals surface area (Å²) < 4.78 is 0.845. The van der Waals surface area contributed by atoms with Gasteiger partial charge in [-0.15, -0.1) is 0 Å². The first-order valence-electron chi connectivity index (χ1n) is 5.07. The molecule has 0 bridgehead atoms. The molecule has 0 aliphatic rings. The molecule has 0 heterocycles. The van der Waals surface area contributed by atoms with Crippen LogP contribution in [0.4, 0.5) is 0 Å². The normalized spacial score (nSPS) is 12.3. The van der Waals surface area contributed by atoms with Crippen molar-refractivity contribution in [2.45, 2.75) is 18.7 Å². The monoisotopic (exact) mass is 347 g/mol. The molecule has 0 spiro atoms. The number of carbonyl (C=O) groups is 1. The van der Waals surface area contributed by atoms with Gasteiger partial charge in [0.15, 0.2) is 0 Å². The molecule has 1 amide bonds. The first kappa shape index (κ1) is 13.7. The van der Waals surface area contributed by atoms with Gasteiger partial charge in [-0.3, -0.25) is 4.79 Å². The van der Waals surface area contributed by atoms with Crippen molar-refractivity contribution in [3.8, 4) is 0 Å². The Bertz CT molecular complexity index is 391. The molecular weight excluding hydrogens is 334 g/mol. The van der Waals surface area contributed by atoms with E-state index in [4.69, 9.17) is 0 Å². The molecule has 0 aliphatic heterocycles. The Balaban J connectivity index is 2.91. The van der Waals surface area contributed by atoms with E-state index < -0.39 is 0 Å². The van der Waals surface area contributed by atoms with Gasteiger partial charge < -0.3 is 4.90 Å². The Hall–Kier alpha value is -0.350. The lowest BCUT2D eigenvalue weighted by atomic mass is 10.1. The van der Waals surface area contributed by atoms with E-state index in [1.54, 1.807) is 4.90 Å². The molecule has 1 atom stereocenters. The Morgan fingerprint density at radius 2 is 2.12 bits per heavy atom. The van der Waals surface area contributed by atoms with Crippen LogP contribution < -0.4 is 0 Å². The molecule has 0 aromatic heterocycles. The van der Waals surface area contributed by atoms with Gasteiger partial charge in [0.25, 0.3) is 5.91 Å². The van der Waals surface area contributed by atoms with Gasteiger partial charge in [0.05, 0.1) is 5.56 Å². The molecule has 0 fully saturated rings. The van der Waals surface area contributed by atoms with E-state index >= 15 is 0 Å². The van der Waals surface area contributed by atoms with Gasteiger partial charge in [-0.05, 0) is 35.0 Å². The number of hydrogen-bond donors (Lipinski definition) is 0. The van der Waals surface area contributed by atoms with Crippen LogP contribution in [-0.2, 0) is 0 Å². The van der Waals surface area contributed by atoms with Crippen molar-refractivity contribution in [3.05, 3.63) is 33.8 Å². The van der Waals surface area contributed by atoms with Crippen LogP contribution in [-0.4, -0.2) is 29.2 Å². The van der Waals surface area contributed by atoms with E-state index in [9.17, 15) is 4.79 Å². The zero-order valence-electron chi connectivity index (χ0n) is 9.63. The van der Waals surface area contributed by atoms with Crippen LogP contribution in [0.2, 0.25) is 0 Å². The fourth-order valence-electron chi connectivity index (χ4n) is 1.47. The molecule has 1 aromatic carbocycles. The topological polar surface area (TPSA) is 20.3 Å². The standard InChI is InChI=1S/C12H15Br2NO/c1-8-4-5-11(14)10(6-8)12(16)15(3)7-9(2)13/h4-6,9H,7H2,1-3H3. The largest absolute Gasteiger partial charge is 0.341 e. The molecule has 0 N–H and O–H groups in total. The average molecular weight is 349 g/mol. The minimum Gasteiger partial charge on any atom is -0.341 e. The molecule has 4 heteroatoms. The van der Waals surface area contributed by atoms with Crippen LogP contribution in [0.1, 0.15) is 22.8 Å². The zero-order chi connectivity index (χ0) is 12.3. The third-order valence-corrected chi connectivity index (χ3v) is 3.21. The van der Waals surface area contributed by atoms with E-state index in [-0.39, 0.29) is 5.91 Å². The summed E-state index contributed by atoms with van der Waals surface area (Å²) in [6.07, 6.45) is 0. The first-order valence-corrected chi connectivity index (χ1v) is 6.78. The van der Waals surface area contributed by atoms with Crippen LogP contribution in [0.15, 0.2) is 22.7 Å². The molecule has 88 valence electrons. The maximum Gasteiger partial charge on any atom is 0.254 e. The molecule has 0 aliphatic carbocycles. The van der Waals surface area contributed by atoms with Crippen LogP contribution >= 0.6 is 31.9 Å². The number of rotatable bonds is 3. The van der Waals surface area contributed by atoms with Crippen molar-refractivity contribution < 1.29 is 4.79 Å². The van der Waals surface area contributed by atoms with Gasteiger partial charge >= 0.3 is 0 Å². The second-order valence-corrected chi connectivity index (χ2v) is 6.37. The number of alkyl halides is 1. The van der Waals surface area contributed by atoms with Gasteiger partial charge in [0, 0.05) is 22.9 Å². The first-order chi connectivity index (χ1) is 7.41. The minimum absolute atomic E-state index is 0.0434. The fourth-order valence-corrected chi connectivity index (χ4v) is 2.32. The summed E-state index contributed by atoms with van der Waals surface area (Å²) in [5.41, 5.74) is 1.81. The number of hydrogen-bond acceptors (Lipinski definition) is 1. The van der Waals surface area contributed by atoms with Gasteiger partial charge in [-0.1, -0.05) is 34.5 Å². The zero-order valence-corrected chi connectivity index (χ0v) is 12.8. The molecule has 2 nitrogen and oxygen atoms in total. The molecule has 1 unspecified atom stereocenters. The molecule has 0 saturated carbocycles. The molecule has 1 rings (SSSR count).